The first kappa shape index (κ1) is 17.5. The molecule has 0 bridgehead atoms. The highest BCUT2D eigenvalue weighted by atomic mass is 32.2. The molecule has 1 fully saturated rings. The van der Waals surface area contributed by atoms with Crippen LogP contribution in [0.25, 0.3) is 0 Å². The average molecular weight is 333 g/mol. The van der Waals surface area contributed by atoms with Crippen molar-refractivity contribution in [3.63, 3.8) is 0 Å². The number of nitrogens with zero attached hydrogens (tertiary/aromatic N) is 1. The minimum absolute atomic E-state index is 0.143. The Morgan fingerprint density at radius 1 is 1.39 bits per heavy atom. The molecule has 23 heavy (non-hydrogen) atoms. The van der Waals surface area contributed by atoms with Gasteiger partial charge in [-0.15, -0.1) is 0 Å². The number of aliphatic imine (C=N–C) groups is 1. The van der Waals surface area contributed by atoms with Gasteiger partial charge in [0.2, 0.25) is 11.8 Å². The molecule has 0 radical (unpaired) electrons. The molecule has 2 rings (SSSR count). The molecule has 1 aliphatic rings. The minimum atomic E-state index is -0.415. The van der Waals surface area contributed by atoms with Crippen LogP contribution < -0.4 is 10.6 Å². The lowest BCUT2D eigenvalue weighted by atomic mass is 10.1. The molecule has 1 saturated heterocycles. The zero-order valence-corrected chi connectivity index (χ0v) is 14.8. The van der Waals surface area contributed by atoms with Crippen molar-refractivity contribution in [1.29, 1.82) is 0 Å². The number of amides is 2. The van der Waals surface area contributed by atoms with E-state index >= 15 is 0 Å². The van der Waals surface area contributed by atoms with Gasteiger partial charge in [0.05, 0.1) is 0 Å². The van der Waals surface area contributed by atoms with Crippen LogP contribution >= 0.6 is 11.8 Å². The first-order valence-corrected chi connectivity index (χ1v) is 8.70. The third-order valence-corrected chi connectivity index (χ3v) is 4.92. The minimum Gasteiger partial charge on any atom is -0.326 e. The predicted molar refractivity (Wildman–Crippen MR) is 95.9 cm³/mol. The smallest absolute Gasteiger partial charge is 0.240 e. The highest BCUT2D eigenvalue weighted by molar-refractivity contribution is 8.15. The summed E-state index contributed by atoms with van der Waals surface area (Å²) in [6.07, 6.45) is 1.06. The van der Waals surface area contributed by atoms with Crippen molar-refractivity contribution < 1.29 is 9.59 Å². The maximum atomic E-state index is 12.3. The molecular formula is C17H23N3O2S. The molecule has 0 spiro atoms. The van der Waals surface area contributed by atoms with Crippen LogP contribution in [0.3, 0.4) is 0 Å². The molecule has 124 valence electrons. The molecule has 0 saturated carbocycles. The lowest BCUT2D eigenvalue weighted by molar-refractivity contribution is -0.122. The molecule has 1 aromatic rings. The summed E-state index contributed by atoms with van der Waals surface area (Å²) >= 11 is 1.34. The summed E-state index contributed by atoms with van der Waals surface area (Å²) in [4.78, 5) is 28.7. The highest BCUT2D eigenvalue weighted by Gasteiger charge is 2.32. The van der Waals surface area contributed by atoms with E-state index in [1.54, 1.807) is 0 Å². The Labute approximate surface area is 141 Å². The highest BCUT2D eigenvalue weighted by Crippen LogP contribution is 2.25. The number of hydrogen-bond acceptors (Lipinski definition) is 4. The number of carbonyl (C=O) groups is 2. The molecule has 0 unspecified atom stereocenters. The number of benzene rings is 1. The average Bonchev–Trinajstić information content (AvgIpc) is 2.82. The number of rotatable bonds is 5. The van der Waals surface area contributed by atoms with Crippen molar-refractivity contribution in [3.05, 3.63) is 29.3 Å². The van der Waals surface area contributed by atoms with Crippen LogP contribution in [0, 0.1) is 13.8 Å². The Morgan fingerprint density at radius 3 is 2.65 bits per heavy atom. The van der Waals surface area contributed by atoms with Gasteiger partial charge in [0.1, 0.15) is 5.25 Å². The first-order valence-electron chi connectivity index (χ1n) is 7.82. The molecule has 5 nitrogen and oxygen atoms in total. The summed E-state index contributed by atoms with van der Waals surface area (Å²) in [6.45, 7) is 7.96. The van der Waals surface area contributed by atoms with Gasteiger partial charge in [-0.2, -0.15) is 0 Å². The van der Waals surface area contributed by atoms with Crippen molar-refractivity contribution >= 4 is 34.4 Å². The monoisotopic (exact) mass is 333 g/mol. The van der Waals surface area contributed by atoms with Crippen LogP contribution in [0.2, 0.25) is 0 Å². The summed E-state index contributed by atoms with van der Waals surface area (Å²) in [7, 11) is 0. The van der Waals surface area contributed by atoms with Crippen LogP contribution in [-0.2, 0) is 9.59 Å². The van der Waals surface area contributed by atoms with E-state index in [1.165, 1.54) is 11.8 Å². The number of nitrogens with one attached hydrogen (secondary N) is 2. The summed E-state index contributed by atoms with van der Waals surface area (Å²) in [5.41, 5.74) is 2.86. The van der Waals surface area contributed by atoms with E-state index in [-0.39, 0.29) is 24.3 Å². The Kier molecular flexibility index (Phi) is 5.82. The molecule has 0 aromatic heterocycles. The van der Waals surface area contributed by atoms with Crippen molar-refractivity contribution in [2.75, 3.05) is 5.32 Å². The summed E-state index contributed by atoms with van der Waals surface area (Å²) in [5, 5.41) is 5.88. The predicted octanol–water partition coefficient (Wildman–Crippen LogP) is 3.02. The molecule has 2 amide bonds. The molecular weight excluding hydrogens is 310 g/mol. The van der Waals surface area contributed by atoms with Crippen molar-refractivity contribution in [2.45, 2.75) is 51.8 Å². The Morgan fingerprint density at radius 2 is 2.04 bits per heavy atom. The second-order valence-electron chi connectivity index (χ2n) is 5.81. The molecule has 2 atom stereocenters. The second kappa shape index (κ2) is 7.64. The molecule has 1 aliphatic heterocycles. The van der Waals surface area contributed by atoms with Gasteiger partial charge in [0.25, 0.3) is 0 Å². The van der Waals surface area contributed by atoms with Crippen LogP contribution in [-0.4, -0.2) is 28.3 Å². The van der Waals surface area contributed by atoms with Crippen molar-refractivity contribution in [3.8, 4) is 0 Å². The van der Waals surface area contributed by atoms with E-state index < -0.39 is 5.25 Å². The third-order valence-electron chi connectivity index (χ3n) is 3.82. The van der Waals surface area contributed by atoms with Gasteiger partial charge in [-0.25, -0.2) is 0 Å². The Balaban J connectivity index is 1.98. The summed E-state index contributed by atoms with van der Waals surface area (Å²) < 4.78 is 0. The van der Waals surface area contributed by atoms with Gasteiger partial charge < -0.3 is 10.6 Å². The molecule has 6 heteroatoms. The van der Waals surface area contributed by atoms with Crippen molar-refractivity contribution in [2.24, 2.45) is 4.99 Å². The first-order chi connectivity index (χ1) is 10.9. The number of para-hydroxylation sites is 1. The molecule has 1 heterocycles. The lowest BCUT2D eigenvalue weighted by Crippen LogP contribution is -2.28. The van der Waals surface area contributed by atoms with Crippen LogP contribution in [0.4, 0.5) is 5.69 Å². The van der Waals surface area contributed by atoms with Gasteiger partial charge in [-0.1, -0.05) is 36.9 Å². The van der Waals surface area contributed by atoms with Gasteiger partial charge in [0.15, 0.2) is 5.17 Å². The summed E-state index contributed by atoms with van der Waals surface area (Å²) in [5.74, 6) is -0.298. The van der Waals surface area contributed by atoms with Crippen molar-refractivity contribution in [1.82, 2.24) is 5.32 Å². The molecule has 0 aliphatic carbocycles. The summed E-state index contributed by atoms with van der Waals surface area (Å²) in [6, 6.07) is 6.03. The van der Waals surface area contributed by atoms with Crippen LogP contribution in [0.1, 0.15) is 37.8 Å². The number of thioether (sulfide) groups is 1. The molecule has 1 aromatic carbocycles. The van der Waals surface area contributed by atoms with E-state index in [0.29, 0.717) is 5.17 Å². The standard InChI is InChI=1S/C17H23N3O2S/c1-5-12(4)18-17-20-16(22)13(23-17)9-14(21)19-15-10(2)7-6-8-11(15)3/h6-8,12-13H,5,9H2,1-4H3,(H,19,21)(H,18,20,22)/t12-,13+/m0/s1. The zero-order valence-electron chi connectivity index (χ0n) is 14.0. The van der Waals surface area contributed by atoms with Gasteiger partial charge in [0, 0.05) is 18.2 Å². The maximum absolute atomic E-state index is 12.3. The number of carbonyl (C=O) groups excluding carboxylic acids is 2. The van der Waals surface area contributed by atoms with E-state index in [4.69, 9.17) is 0 Å². The number of anilines is 1. The molecule has 2 N–H and O–H groups in total. The van der Waals surface area contributed by atoms with Gasteiger partial charge in [-0.3, -0.25) is 14.6 Å². The van der Waals surface area contributed by atoms with Crippen LogP contribution in [0.5, 0.6) is 0 Å². The van der Waals surface area contributed by atoms with E-state index in [9.17, 15) is 9.59 Å². The fourth-order valence-corrected chi connectivity index (χ4v) is 3.33. The van der Waals surface area contributed by atoms with E-state index in [2.05, 4.69) is 15.6 Å². The van der Waals surface area contributed by atoms with Gasteiger partial charge in [-0.05, 0) is 38.3 Å². The Bertz CT molecular complexity index is 622. The van der Waals surface area contributed by atoms with E-state index in [0.717, 1.165) is 23.2 Å². The normalized spacial score (nSPS) is 20.4. The Hall–Kier alpha value is -1.82. The second-order valence-corrected chi connectivity index (χ2v) is 7.00. The topological polar surface area (TPSA) is 70.6 Å². The zero-order chi connectivity index (χ0) is 17.0. The maximum Gasteiger partial charge on any atom is 0.240 e. The largest absolute Gasteiger partial charge is 0.326 e. The number of hydrogen-bond donors (Lipinski definition) is 2. The third kappa shape index (κ3) is 4.58. The van der Waals surface area contributed by atoms with Crippen LogP contribution in [0.15, 0.2) is 23.2 Å². The SMILES string of the molecule is CC[C@H](C)N=C1NC(=O)[C@@H](CC(=O)Nc2c(C)cccc2C)S1. The lowest BCUT2D eigenvalue weighted by Gasteiger charge is -2.12. The fraction of sp³-hybridized carbons (Fsp3) is 0.471. The fourth-order valence-electron chi connectivity index (χ4n) is 2.26. The van der Waals surface area contributed by atoms with Gasteiger partial charge >= 0.3 is 0 Å². The number of amidine groups is 1. The van der Waals surface area contributed by atoms with E-state index in [1.807, 2.05) is 45.9 Å². The number of aryl methyl sites for hydroxylation is 2. The quantitative estimate of drug-likeness (QED) is 0.870.